The van der Waals surface area contributed by atoms with Gasteiger partial charge in [-0.2, -0.15) is 5.26 Å². The Morgan fingerprint density at radius 1 is 1.48 bits per heavy atom. The Labute approximate surface area is 126 Å². The average Bonchev–Trinajstić information content (AvgIpc) is 2.81. The zero-order valence-electron chi connectivity index (χ0n) is 11.6. The summed E-state index contributed by atoms with van der Waals surface area (Å²) in [5.74, 6) is 0.200. The Balaban J connectivity index is 2.09. The van der Waals surface area contributed by atoms with Gasteiger partial charge in [0.05, 0.1) is 12.2 Å². The molecule has 0 bridgehead atoms. The third-order valence-corrected chi connectivity index (χ3v) is 3.58. The molecule has 0 aliphatic rings. The number of esters is 1. The van der Waals surface area contributed by atoms with Crippen molar-refractivity contribution in [3.63, 3.8) is 0 Å². The molecule has 0 aromatic carbocycles. The maximum atomic E-state index is 11.4. The lowest BCUT2D eigenvalue weighted by atomic mass is 10.3. The summed E-state index contributed by atoms with van der Waals surface area (Å²) in [6, 6.07) is 5.44. The number of pyridine rings is 1. The first-order chi connectivity index (χ1) is 10.1. The molecule has 0 aliphatic heterocycles. The van der Waals surface area contributed by atoms with Gasteiger partial charge in [-0.25, -0.2) is 4.98 Å². The molecule has 0 N–H and O–H groups in total. The maximum absolute atomic E-state index is 11.4. The summed E-state index contributed by atoms with van der Waals surface area (Å²) in [6.45, 7) is 2.10. The van der Waals surface area contributed by atoms with Crippen LogP contribution in [0.15, 0.2) is 28.5 Å². The fraction of sp³-hybridized carbons (Fsp3) is 0.308. The molecular formula is C13H13N5O2S. The summed E-state index contributed by atoms with van der Waals surface area (Å²) in [6.07, 6.45) is 1.58. The molecule has 0 radical (unpaired) electrons. The fourth-order valence-electron chi connectivity index (χ4n) is 1.53. The first-order valence-corrected chi connectivity index (χ1v) is 7.03. The van der Waals surface area contributed by atoms with E-state index in [9.17, 15) is 4.79 Å². The molecule has 0 fully saturated rings. The van der Waals surface area contributed by atoms with Crippen molar-refractivity contribution in [2.45, 2.75) is 23.5 Å². The van der Waals surface area contributed by atoms with E-state index >= 15 is 0 Å². The second-order valence-electron chi connectivity index (χ2n) is 4.04. The second-order valence-corrected chi connectivity index (χ2v) is 5.03. The van der Waals surface area contributed by atoms with Gasteiger partial charge in [0.1, 0.15) is 23.3 Å². The van der Waals surface area contributed by atoms with Crippen molar-refractivity contribution in [2.75, 3.05) is 6.61 Å². The maximum Gasteiger partial charge on any atom is 0.313 e. The zero-order valence-corrected chi connectivity index (χ0v) is 12.4. The summed E-state index contributed by atoms with van der Waals surface area (Å²) < 4.78 is 6.61. The minimum atomic E-state index is -0.332. The van der Waals surface area contributed by atoms with E-state index in [-0.39, 0.29) is 12.4 Å². The molecule has 108 valence electrons. The molecule has 2 heterocycles. The average molecular weight is 303 g/mol. The number of nitriles is 1. The van der Waals surface area contributed by atoms with Gasteiger partial charge in [0.2, 0.25) is 0 Å². The van der Waals surface area contributed by atoms with Crippen LogP contribution in [0.25, 0.3) is 0 Å². The second kappa shape index (κ2) is 6.85. The van der Waals surface area contributed by atoms with Crippen LogP contribution < -0.4 is 0 Å². The summed E-state index contributed by atoms with van der Waals surface area (Å²) in [7, 11) is 1.78. The quantitative estimate of drug-likeness (QED) is 0.769. The third-order valence-electron chi connectivity index (χ3n) is 2.59. The molecule has 2 aromatic rings. The molecule has 21 heavy (non-hydrogen) atoms. The van der Waals surface area contributed by atoms with Crippen LogP contribution in [0.4, 0.5) is 0 Å². The molecule has 2 rings (SSSR count). The van der Waals surface area contributed by atoms with E-state index < -0.39 is 0 Å². The number of hydrogen-bond acceptors (Lipinski definition) is 7. The number of nitrogens with zero attached hydrogens (tertiary/aromatic N) is 5. The van der Waals surface area contributed by atoms with Gasteiger partial charge in [-0.15, -0.1) is 10.2 Å². The highest BCUT2D eigenvalue weighted by molar-refractivity contribution is 7.99. The minimum absolute atomic E-state index is 0.0820. The predicted molar refractivity (Wildman–Crippen MR) is 74.4 cm³/mol. The topological polar surface area (TPSA) is 93.7 Å². The lowest BCUT2D eigenvalue weighted by Gasteiger charge is -2.03. The van der Waals surface area contributed by atoms with Crippen molar-refractivity contribution in [3.8, 4) is 6.07 Å². The van der Waals surface area contributed by atoms with E-state index in [0.717, 1.165) is 0 Å². The Morgan fingerprint density at radius 3 is 2.90 bits per heavy atom. The minimum Gasteiger partial charge on any atom is -0.466 e. The van der Waals surface area contributed by atoms with Crippen molar-refractivity contribution in [2.24, 2.45) is 7.05 Å². The van der Waals surface area contributed by atoms with E-state index in [1.54, 1.807) is 30.7 Å². The molecule has 0 aliphatic carbocycles. The monoisotopic (exact) mass is 303 g/mol. The Kier molecular flexibility index (Phi) is 4.90. The summed E-state index contributed by atoms with van der Waals surface area (Å²) >= 11 is 1.31. The number of aromatic nitrogens is 4. The zero-order chi connectivity index (χ0) is 15.2. The summed E-state index contributed by atoms with van der Waals surface area (Å²) in [4.78, 5) is 15.6. The fourth-order valence-corrected chi connectivity index (χ4v) is 2.28. The normalized spacial score (nSPS) is 10.1. The molecule has 0 saturated heterocycles. The molecule has 0 atom stereocenters. The molecular weight excluding hydrogens is 290 g/mol. The van der Waals surface area contributed by atoms with Gasteiger partial charge in [-0.3, -0.25) is 4.79 Å². The van der Waals surface area contributed by atoms with Crippen LogP contribution in [0.1, 0.15) is 18.3 Å². The highest BCUT2D eigenvalue weighted by atomic mass is 32.2. The molecule has 0 spiro atoms. The predicted octanol–water partition coefficient (Wildman–Crippen LogP) is 1.34. The number of ether oxygens (including phenoxy) is 1. The number of carbonyl (C=O) groups is 1. The lowest BCUT2D eigenvalue weighted by molar-refractivity contribution is -0.142. The third kappa shape index (κ3) is 3.79. The SMILES string of the molecule is CCOC(=O)Cc1nnc(Sc2ccc(C#N)cn2)n1C. The highest BCUT2D eigenvalue weighted by Gasteiger charge is 2.14. The van der Waals surface area contributed by atoms with Gasteiger partial charge in [0.15, 0.2) is 5.16 Å². The highest BCUT2D eigenvalue weighted by Crippen LogP contribution is 2.24. The van der Waals surface area contributed by atoms with E-state index in [2.05, 4.69) is 15.2 Å². The molecule has 2 aromatic heterocycles. The van der Waals surface area contributed by atoms with E-state index in [1.165, 1.54) is 18.0 Å². The van der Waals surface area contributed by atoms with Crippen LogP contribution >= 0.6 is 11.8 Å². The van der Waals surface area contributed by atoms with Gasteiger partial charge >= 0.3 is 5.97 Å². The van der Waals surface area contributed by atoms with E-state index in [0.29, 0.717) is 28.2 Å². The number of carbonyl (C=O) groups excluding carboxylic acids is 1. The van der Waals surface area contributed by atoms with Crippen molar-refractivity contribution in [1.29, 1.82) is 5.26 Å². The van der Waals surface area contributed by atoms with Crippen molar-refractivity contribution >= 4 is 17.7 Å². The molecule has 8 heteroatoms. The Bertz CT molecular complexity index is 675. The van der Waals surface area contributed by atoms with Gasteiger partial charge in [0, 0.05) is 13.2 Å². The van der Waals surface area contributed by atoms with E-state index in [4.69, 9.17) is 10.00 Å². The standard InChI is InChI=1S/C13H13N5O2S/c1-3-20-12(19)6-10-16-17-13(18(10)2)21-11-5-4-9(7-14)8-15-11/h4-5,8H,3,6H2,1-2H3. The number of rotatable bonds is 5. The number of hydrogen-bond donors (Lipinski definition) is 0. The molecule has 0 amide bonds. The summed E-state index contributed by atoms with van der Waals surface area (Å²) in [5.41, 5.74) is 0.500. The van der Waals surface area contributed by atoms with Gasteiger partial charge in [-0.1, -0.05) is 0 Å². The van der Waals surface area contributed by atoms with Crippen LogP contribution in [-0.4, -0.2) is 32.3 Å². The summed E-state index contributed by atoms with van der Waals surface area (Å²) in [5, 5.41) is 18.1. The smallest absolute Gasteiger partial charge is 0.313 e. The van der Waals surface area contributed by atoms with Crippen LogP contribution in [0.3, 0.4) is 0 Å². The van der Waals surface area contributed by atoms with Crippen molar-refractivity contribution in [3.05, 3.63) is 29.7 Å². The van der Waals surface area contributed by atoms with Gasteiger partial charge in [0.25, 0.3) is 0 Å². The Hall–Kier alpha value is -2.40. The van der Waals surface area contributed by atoms with Gasteiger partial charge in [-0.05, 0) is 30.8 Å². The van der Waals surface area contributed by atoms with Gasteiger partial charge < -0.3 is 9.30 Å². The molecule has 7 nitrogen and oxygen atoms in total. The largest absolute Gasteiger partial charge is 0.466 e. The first kappa shape index (κ1) is 15.0. The Morgan fingerprint density at radius 2 is 2.29 bits per heavy atom. The van der Waals surface area contributed by atoms with Crippen LogP contribution in [0, 0.1) is 11.3 Å². The lowest BCUT2D eigenvalue weighted by Crippen LogP contribution is -2.11. The van der Waals surface area contributed by atoms with Crippen molar-refractivity contribution < 1.29 is 9.53 Å². The molecule has 0 saturated carbocycles. The molecule has 0 unspecified atom stereocenters. The van der Waals surface area contributed by atoms with Crippen LogP contribution in [-0.2, 0) is 23.0 Å². The van der Waals surface area contributed by atoms with Crippen LogP contribution in [0.2, 0.25) is 0 Å². The first-order valence-electron chi connectivity index (χ1n) is 6.22. The van der Waals surface area contributed by atoms with Crippen molar-refractivity contribution in [1.82, 2.24) is 19.7 Å². The van der Waals surface area contributed by atoms with E-state index in [1.807, 2.05) is 6.07 Å². The van der Waals surface area contributed by atoms with Crippen LogP contribution in [0.5, 0.6) is 0 Å².